The zero-order chi connectivity index (χ0) is 14.6. The van der Waals surface area contributed by atoms with Crippen molar-refractivity contribution in [3.8, 4) is 0 Å². The van der Waals surface area contributed by atoms with Crippen LogP contribution in [-0.4, -0.2) is 24.6 Å². The van der Waals surface area contributed by atoms with Gasteiger partial charge in [0.15, 0.2) is 0 Å². The third-order valence-electron chi connectivity index (χ3n) is 3.15. The van der Waals surface area contributed by atoms with Gasteiger partial charge in [0, 0.05) is 5.41 Å². The van der Waals surface area contributed by atoms with Crippen molar-refractivity contribution in [3.63, 3.8) is 0 Å². The fraction of sp³-hybridized carbons (Fsp3) is 0.375. The molecule has 4 heteroatoms. The van der Waals surface area contributed by atoms with Crippen molar-refractivity contribution in [1.82, 2.24) is 0 Å². The molecule has 2 rings (SSSR count). The molecule has 20 heavy (non-hydrogen) atoms. The summed E-state index contributed by atoms with van der Waals surface area (Å²) < 4.78 is 10.1. The number of carbonyl (C=O) groups excluding carboxylic acids is 2. The van der Waals surface area contributed by atoms with Gasteiger partial charge in [-0.25, -0.2) is 4.79 Å². The first-order chi connectivity index (χ1) is 9.49. The average Bonchev–Trinajstić information content (AvgIpc) is 2.67. The quantitative estimate of drug-likeness (QED) is 0.792. The normalized spacial score (nSPS) is 20.9. The lowest BCUT2D eigenvalue weighted by Crippen LogP contribution is -2.34. The lowest BCUT2D eigenvalue weighted by atomic mass is 9.90. The molecule has 1 fully saturated rings. The van der Waals surface area contributed by atoms with Crippen LogP contribution in [0.2, 0.25) is 0 Å². The van der Waals surface area contributed by atoms with Gasteiger partial charge in [0.25, 0.3) is 0 Å². The summed E-state index contributed by atoms with van der Waals surface area (Å²) in [4.78, 5) is 23.2. The minimum Gasteiger partial charge on any atom is -0.462 e. The maximum atomic E-state index is 11.7. The highest BCUT2D eigenvalue weighted by Gasteiger charge is 2.46. The Morgan fingerprint density at radius 1 is 1.40 bits per heavy atom. The summed E-state index contributed by atoms with van der Waals surface area (Å²) in [5.74, 6) is -0.885. The van der Waals surface area contributed by atoms with E-state index < -0.39 is 23.5 Å². The van der Waals surface area contributed by atoms with Crippen molar-refractivity contribution in [2.75, 3.05) is 6.61 Å². The van der Waals surface area contributed by atoms with Gasteiger partial charge in [-0.1, -0.05) is 56.3 Å². The van der Waals surface area contributed by atoms with Crippen molar-refractivity contribution >= 4 is 18.0 Å². The minimum atomic E-state index is -0.805. The van der Waals surface area contributed by atoms with Crippen molar-refractivity contribution in [1.29, 1.82) is 0 Å². The fourth-order valence-electron chi connectivity index (χ4n) is 1.97. The molecule has 0 spiro atoms. The van der Waals surface area contributed by atoms with E-state index in [-0.39, 0.29) is 13.0 Å². The van der Waals surface area contributed by atoms with Crippen LogP contribution in [0.1, 0.15) is 25.8 Å². The largest absolute Gasteiger partial charge is 0.462 e. The van der Waals surface area contributed by atoms with Gasteiger partial charge >= 0.3 is 11.9 Å². The predicted octanol–water partition coefficient (Wildman–Crippen LogP) is 2.58. The third kappa shape index (κ3) is 3.47. The Kier molecular flexibility index (Phi) is 4.23. The van der Waals surface area contributed by atoms with Crippen LogP contribution in [-0.2, 0) is 19.1 Å². The summed E-state index contributed by atoms with van der Waals surface area (Å²) in [6.45, 7) is 3.97. The van der Waals surface area contributed by atoms with Gasteiger partial charge in [-0.15, -0.1) is 0 Å². The highest BCUT2D eigenvalue weighted by Crippen LogP contribution is 2.31. The molecule has 0 aliphatic carbocycles. The first-order valence-electron chi connectivity index (χ1n) is 6.57. The zero-order valence-corrected chi connectivity index (χ0v) is 11.7. The molecule has 0 unspecified atom stereocenters. The fourth-order valence-corrected chi connectivity index (χ4v) is 1.97. The van der Waals surface area contributed by atoms with Crippen LogP contribution < -0.4 is 0 Å². The maximum Gasteiger partial charge on any atom is 0.348 e. The molecule has 0 aromatic heterocycles. The molecule has 4 nitrogen and oxygen atoms in total. The lowest BCUT2D eigenvalue weighted by molar-refractivity contribution is -0.162. The van der Waals surface area contributed by atoms with Crippen LogP contribution in [0.3, 0.4) is 0 Å². The molecule has 1 aromatic carbocycles. The van der Waals surface area contributed by atoms with Gasteiger partial charge in [-0.05, 0) is 5.56 Å². The molecule has 0 radical (unpaired) electrons. The van der Waals surface area contributed by atoms with Crippen molar-refractivity contribution in [2.24, 2.45) is 5.41 Å². The van der Waals surface area contributed by atoms with Gasteiger partial charge in [0.1, 0.15) is 6.61 Å². The molecule has 0 N–H and O–H groups in total. The molecule has 1 aliphatic rings. The van der Waals surface area contributed by atoms with E-state index in [2.05, 4.69) is 0 Å². The van der Waals surface area contributed by atoms with E-state index in [1.165, 1.54) is 0 Å². The topological polar surface area (TPSA) is 52.6 Å². The van der Waals surface area contributed by atoms with Gasteiger partial charge in [0.05, 0.1) is 6.42 Å². The molecule has 0 bridgehead atoms. The monoisotopic (exact) mass is 274 g/mol. The van der Waals surface area contributed by atoms with E-state index in [1.54, 1.807) is 6.08 Å². The number of ether oxygens (including phenoxy) is 2. The minimum absolute atomic E-state index is 0.134. The second-order valence-electron chi connectivity index (χ2n) is 5.48. The molecule has 1 aliphatic heterocycles. The first kappa shape index (κ1) is 14.3. The van der Waals surface area contributed by atoms with E-state index >= 15 is 0 Å². The predicted molar refractivity (Wildman–Crippen MR) is 74.7 cm³/mol. The molecular weight excluding hydrogens is 256 g/mol. The van der Waals surface area contributed by atoms with Crippen molar-refractivity contribution in [2.45, 2.75) is 26.4 Å². The van der Waals surface area contributed by atoms with E-state index in [0.29, 0.717) is 0 Å². The highest BCUT2D eigenvalue weighted by atomic mass is 16.6. The average molecular weight is 274 g/mol. The van der Waals surface area contributed by atoms with E-state index in [9.17, 15) is 9.59 Å². The summed E-state index contributed by atoms with van der Waals surface area (Å²) >= 11 is 0. The molecule has 1 atom stereocenters. The second kappa shape index (κ2) is 5.90. The Bertz CT molecular complexity index is 517. The number of carbonyl (C=O) groups is 2. The summed E-state index contributed by atoms with van der Waals surface area (Å²) in [5, 5.41) is 0. The van der Waals surface area contributed by atoms with Crippen LogP contribution in [0.25, 0.3) is 6.08 Å². The van der Waals surface area contributed by atoms with Gasteiger partial charge in [-0.3, -0.25) is 4.79 Å². The van der Waals surface area contributed by atoms with Crippen LogP contribution in [0.4, 0.5) is 0 Å². The molecule has 0 amide bonds. The smallest absolute Gasteiger partial charge is 0.348 e. The Labute approximate surface area is 118 Å². The van der Waals surface area contributed by atoms with E-state index in [4.69, 9.17) is 9.47 Å². The molecule has 1 aromatic rings. The standard InChI is InChI=1S/C16H18O4/c1-16(2)11-19-15(18)14(16)20-13(17)10-6-9-12-7-4-3-5-8-12/h3-9,14H,10-11H2,1-2H3/b9-6+/t14-/m0/s1. The molecule has 106 valence electrons. The first-order valence-corrected chi connectivity index (χ1v) is 6.57. The number of hydrogen-bond acceptors (Lipinski definition) is 4. The van der Waals surface area contributed by atoms with Crippen molar-refractivity contribution < 1.29 is 19.1 Å². The summed E-state index contributed by atoms with van der Waals surface area (Å²) in [6, 6.07) is 9.67. The van der Waals surface area contributed by atoms with Crippen LogP contribution in [0, 0.1) is 5.41 Å². The third-order valence-corrected chi connectivity index (χ3v) is 3.15. The number of rotatable bonds is 4. The van der Waals surface area contributed by atoms with Crippen LogP contribution in [0.15, 0.2) is 36.4 Å². The Balaban J connectivity index is 1.87. The maximum absolute atomic E-state index is 11.7. The molecule has 1 heterocycles. The number of benzene rings is 1. The van der Waals surface area contributed by atoms with Gasteiger partial charge in [-0.2, -0.15) is 0 Å². The number of hydrogen-bond donors (Lipinski definition) is 0. The molecular formula is C16H18O4. The van der Waals surface area contributed by atoms with Crippen molar-refractivity contribution in [3.05, 3.63) is 42.0 Å². The second-order valence-corrected chi connectivity index (χ2v) is 5.48. The molecule has 0 saturated carbocycles. The molecule has 1 saturated heterocycles. The SMILES string of the molecule is CC1(C)COC(=O)[C@@H]1OC(=O)C/C=C/c1ccccc1. The van der Waals surface area contributed by atoms with Crippen LogP contribution in [0.5, 0.6) is 0 Å². The Morgan fingerprint density at radius 3 is 2.70 bits per heavy atom. The summed E-state index contributed by atoms with van der Waals surface area (Å²) in [7, 11) is 0. The zero-order valence-electron chi connectivity index (χ0n) is 11.7. The van der Waals surface area contributed by atoms with E-state index in [1.807, 2.05) is 50.3 Å². The van der Waals surface area contributed by atoms with Gasteiger partial charge < -0.3 is 9.47 Å². The number of esters is 2. The van der Waals surface area contributed by atoms with Crippen LogP contribution >= 0.6 is 0 Å². The van der Waals surface area contributed by atoms with E-state index in [0.717, 1.165) is 5.56 Å². The highest BCUT2D eigenvalue weighted by molar-refractivity contribution is 5.82. The lowest BCUT2D eigenvalue weighted by Gasteiger charge is -2.21. The summed E-state index contributed by atoms with van der Waals surface area (Å²) in [6.07, 6.45) is 2.90. The van der Waals surface area contributed by atoms with Gasteiger partial charge in [0.2, 0.25) is 6.10 Å². The Morgan fingerprint density at radius 2 is 2.10 bits per heavy atom. The summed E-state index contributed by atoms with van der Waals surface area (Å²) in [5.41, 5.74) is 0.552. The number of cyclic esters (lactones) is 1. The Hall–Kier alpha value is -2.10.